The molecule has 2 heterocycles. The SMILES string of the molecule is Cc1ccc(-c2c(C#N)ccc3oc4c(-c5ccccn5)cccc4c23)cc1. The highest BCUT2D eigenvalue weighted by molar-refractivity contribution is 6.16. The molecule has 3 nitrogen and oxygen atoms in total. The van der Waals surface area contributed by atoms with Gasteiger partial charge in [0.25, 0.3) is 0 Å². The molecule has 0 bridgehead atoms. The quantitative estimate of drug-likeness (QED) is 0.361. The van der Waals surface area contributed by atoms with Crippen LogP contribution in [0.4, 0.5) is 0 Å². The van der Waals surface area contributed by atoms with Crippen molar-refractivity contribution < 1.29 is 4.42 Å². The highest BCUT2D eigenvalue weighted by atomic mass is 16.3. The molecular formula is C25H16N2O. The Hall–Kier alpha value is -3.90. The zero-order valence-corrected chi connectivity index (χ0v) is 15.3. The van der Waals surface area contributed by atoms with Crippen LogP contribution >= 0.6 is 0 Å². The first-order chi connectivity index (χ1) is 13.8. The Bertz CT molecular complexity index is 1360. The number of benzene rings is 3. The third-order valence-corrected chi connectivity index (χ3v) is 5.07. The van der Waals surface area contributed by atoms with Gasteiger partial charge in [0.15, 0.2) is 0 Å². The summed E-state index contributed by atoms with van der Waals surface area (Å²) in [7, 11) is 0. The van der Waals surface area contributed by atoms with Crippen molar-refractivity contribution in [2.45, 2.75) is 6.92 Å². The first-order valence-corrected chi connectivity index (χ1v) is 9.13. The van der Waals surface area contributed by atoms with E-state index in [1.807, 2.05) is 48.5 Å². The first kappa shape index (κ1) is 16.3. The Kier molecular flexibility index (Phi) is 3.70. The molecule has 3 aromatic carbocycles. The van der Waals surface area contributed by atoms with Gasteiger partial charge >= 0.3 is 0 Å². The van der Waals surface area contributed by atoms with Gasteiger partial charge in [-0.1, -0.05) is 48.0 Å². The number of fused-ring (bicyclic) bond motifs is 3. The average Bonchev–Trinajstić information content (AvgIpc) is 3.13. The predicted molar refractivity (Wildman–Crippen MR) is 112 cm³/mol. The zero-order valence-electron chi connectivity index (χ0n) is 15.3. The number of para-hydroxylation sites is 1. The molecule has 0 saturated carbocycles. The van der Waals surface area contributed by atoms with Gasteiger partial charge in [0.05, 0.1) is 17.3 Å². The second-order valence-electron chi connectivity index (χ2n) is 6.84. The maximum atomic E-state index is 9.75. The molecule has 0 amide bonds. The molecule has 0 saturated heterocycles. The number of furan rings is 1. The van der Waals surface area contributed by atoms with Gasteiger partial charge in [-0.05, 0) is 42.8 Å². The molecule has 0 spiro atoms. The molecule has 132 valence electrons. The Labute approximate surface area is 162 Å². The third-order valence-electron chi connectivity index (χ3n) is 5.07. The van der Waals surface area contributed by atoms with Crippen molar-refractivity contribution in [2.24, 2.45) is 0 Å². The number of hydrogen-bond acceptors (Lipinski definition) is 3. The molecule has 5 aromatic rings. The van der Waals surface area contributed by atoms with E-state index >= 15 is 0 Å². The summed E-state index contributed by atoms with van der Waals surface area (Å²) < 4.78 is 6.27. The van der Waals surface area contributed by atoms with Crippen LogP contribution in [0.25, 0.3) is 44.3 Å². The maximum Gasteiger partial charge on any atom is 0.144 e. The third kappa shape index (κ3) is 2.47. The maximum absolute atomic E-state index is 9.75. The molecule has 0 unspecified atom stereocenters. The van der Waals surface area contributed by atoms with Crippen LogP contribution in [0.2, 0.25) is 0 Å². The van der Waals surface area contributed by atoms with Gasteiger partial charge < -0.3 is 4.42 Å². The molecule has 0 atom stereocenters. The van der Waals surface area contributed by atoms with Gasteiger partial charge in [-0.15, -0.1) is 0 Å². The fourth-order valence-corrected chi connectivity index (χ4v) is 3.73. The fraction of sp³-hybridized carbons (Fsp3) is 0.0400. The van der Waals surface area contributed by atoms with E-state index < -0.39 is 0 Å². The Morgan fingerprint density at radius 1 is 0.893 bits per heavy atom. The van der Waals surface area contributed by atoms with Gasteiger partial charge in [-0.2, -0.15) is 5.26 Å². The van der Waals surface area contributed by atoms with E-state index in [2.05, 4.69) is 42.2 Å². The Morgan fingerprint density at radius 3 is 2.50 bits per heavy atom. The van der Waals surface area contributed by atoms with Crippen LogP contribution in [-0.2, 0) is 0 Å². The molecule has 28 heavy (non-hydrogen) atoms. The van der Waals surface area contributed by atoms with Crippen molar-refractivity contribution in [3.05, 3.63) is 90.1 Å². The molecule has 0 aliphatic heterocycles. The second-order valence-corrected chi connectivity index (χ2v) is 6.84. The monoisotopic (exact) mass is 360 g/mol. The number of pyridine rings is 1. The fourth-order valence-electron chi connectivity index (χ4n) is 3.73. The minimum absolute atomic E-state index is 0.641. The predicted octanol–water partition coefficient (Wildman–Crippen LogP) is 6.50. The summed E-state index contributed by atoms with van der Waals surface area (Å²) in [4.78, 5) is 4.48. The molecule has 5 rings (SSSR count). The van der Waals surface area contributed by atoms with E-state index in [1.54, 1.807) is 6.20 Å². The van der Waals surface area contributed by atoms with Crippen LogP contribution in [0.1, 0.15) is 11.1 Å². The summed E-state index contributed by atoms with van der Waals surface area (Å²) in [5.74, 6) is 0. The average molecular weight is 360 g/mol. The molecule has 0 aliphatic rings. The second kappa shape index (κ2) is 6.37. The Morgan fingerprint density at radius 2 is 1.75 bits per heavy atom. The number of aryl methyl sites for hydroxylation is 1. The molecule has 0 aliphatic carbocycles. The van der Waals surface area contributed by atoms with Crippen LogP contribution in [0.3, 0.4) is 0 Å². The first-order valence-electron chi connectivity index (χ1n) is 9.13. The molecular weight excluding hydrogens is 344 g/mol. The van der Waals surface area contributed by atoms with Gasteiger partial charge in [-0.25, -0.2) is 0 Å². The van der Waals surface area contributed by atoms with E-state index in [-0.39, 0.29) is 0 Å². The molecule has 3 heteroatoms. The van der Waals surface area contributed by atoms with Crippen molar-refractivity contribution in [2.75, 3.05) is 0 Å². The number of rotatable bonds is 2. The standard InChI is InChI=1S/C25H16N2O/c1-16-8-10-17(11-9-16)23-18(15-26)12-13-22-24(23)20-6-4-5-19(25(20)28-22)21-7-2-3-14-27-21/h2-14H,1H3. The number of hydrogen-bond donors (Lipinski definition) is 0. The lowest BCUT2D eigenvalue weighted by Crippen LogP contribution is -1.86. The lowest BCUT2D eigenvalue weighted by molar-refractivity contribution is 0.670. The van der Waals surface area contributed by atoms with E-state index in [0.717, 1.165) is 44.3 Å². The van der Waals surface area contributed by atoms with Crippen LogP contribution < -0.4 is 0 Å². The number of aromatic nitrogens is 1. The highest BCUT2D eigenvalue weighted by Crippen LogP contribution is 2.41. The minimum Gasteiger partial charge on any atom is -0.455 e. The lowest BCUT2D eigenvalue weighted by Gasteiger charge is -2.07. The van der Waals surface area contributed by atoms with E-state index in [1.165, 1.54) is 5.56 Å². The molecule has 0 radical (unpaired) electrons. The van der Waals surface area contributed by atoms with Gasteiger partial charge in [-0.3, -0.25) is 4.98 Å². The van der Waals surface area contributed by atoms with Crippen LogP contribution in [0.5, 0.6) is 0 Å². The number of nitriles is 1. The van der Waals surface area contributed by atoms with E-state index in [0.29, 0.717) is 5.56 Å². The summed E-state index contributed by atoms with van der Waals surface area (Å²) >= 11 is 0. The van der Waals surface area contributed by atoms with Crippen molar-refractivity contribution in [1.29, 1.82) is 5.26 Å². The largest absolute Gasteiger partial charge is 0.455 e. The van der Waals surface area contributed by atoms with E-state index in [9.17, 15) is 5.26 Å². The minimum atomic E-state index is 0.641. The van der Waals surface area contributed by atoms with Crippen molar-refractivity contribution >= 4 is 21.9 Å². The topological polar surface area (TPSA) is 49.8 Å². The smallest absolute Gasteiger partial charge is 0.144 e. The van der Waals surface area contributed by atoms with Crippen LogP contribution in [0, 0.1) is 18.3 Å². The van der Waals surface area contributed by atoms with Gasteiger partial charge in [0, 0.05) is 28.1 Å². The zero-order chi connectivity index (χ0) is 19.1. The van der Waals surface area contributed by atoms with Crippen LogP contribution in [-0.4, -0.2) is 4.98 Å². The molecule has 0 N–H and O–H groups in total. The summed E-state index contributed by atoms with van der Waals surface area (Å²) in [5, 5.41) is 11.7. The highest BCUT2D eigenvalue weighted by Gasteiger charge is 2.18. The normalized spacial score (nSPS) is 11.0. The molecule has 2 aromatic heterocycles. The van der Waals surface area contributed by atoms with Crippen molar-refractivity contribution in [3.8, 4) is 28.5 Å². The van der Waals surface area contributed by atoms with Crippen molar-refractivity contribution in [3.63, 3.8) is 0 Å². The summed E-state index contributed by atoms with van der Waals surface area (Å²) in [6.07, 6.45) is 1.78. The lowest BCUT2D eigenvalue weighted by atomic mass is 9.94. The summed E-state index contributed by atoms with van der Waals surface area (Å²) in [6.45, 7) is 2.06. The van der Waals surface area contributed by atoms with Gasteiger partial charge in [0.2, 0.25) is 0 Å². The number of nitrogens with zero attached hydrogens (tertiary/aromatic N) is 2. The van der Waals surface area contributed by atoms with Crippen molar-refractivity contribution in [1.82, 2.24) is 4.98 Å². The molecule has 0 fully saturated rings. The Balaban J connectivity index is 1.90. The summed E-state index contributed by atoms with van der Waals surface area (Å²) in [5.41, 5.74) is 7.13. The van der Waals surface area contributed by atoms with Gasteiger partial charge in [0.1, 0.15) is 11.2 Å². The van der Waals surface area contributed by atoms with Crippen LogP contribution in [0.15, 0.2) is 83.4 Å². The summed E-state index contributed by atoms with van der Waals surface area (Å²) in [6, 6.07) is 26.2. The van der Waals surface area contributed by atoms with E-state index in [4.69, 9.17) is 4.42 Å².